The Kier molecular flexibility index (Phi) is 5.46. The number of nitrogens with zero attached hydrogens (tertiary/aromatic N) is 4. The van der Waals surface area contributed by atoms with Gasteiger partial charge in [-0.1, -0.05) is 6.07 Å². The zero-order valence-corrected chi connectivity index (χ0v) is 16.6. The van der Waals surface area contributed by atoms with E-state index in [1.54, 1.807) is 24.3 Å². The van der Waals surface area contributed by atoms with E-state index in [0.717, 1.165) is 6.20 Å². The largest absolute Gasteiger partial charge is 0.493 e. The number of methoxy groups -OCH3 is 1. The lowest BCUT2D eigenvalue weighted by atomic mass is 10.1. The molecule has 1 N–H and O–H groups in total. The molecule has 4 rings (SSSR count). The van der Waals surface area contributed by atoms with Gasteiger partial charge in [-0.25, -0.2) is 14.4 Å². The Hall–Kier alpha value is -4.78. The van der Waals surface area contributed by atoms with Gasteiger partial charge in [0.2, 0.25) is 5.88 Å². The van der Waals surface area contributed by atoms with Crippen molar-refractivity contribution >= 4 is 28.4 Å². The molecule has 0 aliphatic rings. The van der Waals surface area contributed by atoms with Crippen LogP contribution in [0, 0.1) is 27.3 Å². The molecule has 0 aliphatic carbocycles. The van der Waals surface area contributed by atoms with Gasteiger partial charge in [-0.05, 0) is 42.0 Å². The lowest BCUT2D eigenvalue weighted by Crippen LogP contribution is -1.94. The van der Waals surface area contributed by atoms with Gasteiger partial charge in [0.25, 0.3) is 5.69 Å². The first-order valence-corrected chi connectivity index (χ1v) is 9.20. The SMILES string of the molecule is COc1cc(/C=C(/C#N)c2nc3ccc(F)cc3[nH]2)ccc1Oc1ccc([N+](=O)[O-])cn1. The average molecular weight is 431 g/mol. The fraction of sp³-hybridized carbons (Fsp3) is 0.0455. The van der Waals surface area contributed by atoms with Gasteiger partial charge in [0.05, 0.1) is 28.6 Å². The number of nitriles is 1. The summed E-state index contributed by atoms with van der Waals surface area (Å²) in [7, 11) is 1.46. The summed E-state index contributed by atoms with van der Waals surface area (Å²) in [5.41, 5.74) is 1.75. The first-order chi connectivity index (χ1) is 15.5. The number of allylic oxidation sites excluding steroid dienone is 1. The second-order valence-corrected chi connectivity index (χ2v) is 6.54. The predicted octanol–water partition coefficient (Wildman–Crippen LogP) is 4.87. The number of aromatic amines is 1. The maximum atomic E-state index is 13.4. The van der Waals surface area contributed by atoms with Crippen LogP contribution in [0.25, 0.3) is 22.7 Å². The molecular weight excluding hydrogens is 417 g/mol. The molecule has 0 unspecified atom stereocenters. The van der Waals surface area contributed by atoms with Gasteiger partial charge >= 0.3 is 0 Å². The topological polar surface area (TPSA) is 127 Å². The van der Waals surface area contributed by atoms with Crippen LogP contribution in [-0.2, 0) is 0 Å². The molecule has 0 atom stereocenters. The van der Waals surface area contributed by atoms with E-state index in [0.29, 0.717) is 33.9 Å². The van der Waals surface area contributed by atoms with Crippen LogP contribution in [0.5, 0.6) is 17.4 Å². The van der Waals surface area contributed by atoms with Crippen molar-refractivity contribution in [3.8, 4) is 23.4 Å². The molecule has 158 valence electrons. The number of nitro groups is 1. The molecule has 0 bridgehead atoms. The summed E-state index contributed by atoms with van der Waals surface area (Å²) < 4.78 is 24.4. The van der Waals surface area contributed by atoms with Crippen LogP contribution in [0.15, 0.2) is 54.7 Å². The van der Waals surface area contributed by atoms with E-state index in [9.17, 15) is 19.8 Å². The van der Waals surface area contributed by atoms with Gasteiger partial charge in [0.15, 0.2) is 11.5 Å². The van der Waals surface area contributed by atoms with E-state index in [4.69, 9.17) is 9.47 Å². The predicted molar refractivity (Wildman–Crippen MR) is 113 cm³/mol. The molecule has 0 aliphatic heterocycles. The number of rotatable bonds is 6. The Bertz CT molecular complexity index is 1390. The summed E-state index contributed by atoms with van der Waals surface area (Å²) in [5, 5.41) is 20.3. The number of pyridine rings is 1. The number of nitrogens with one attached hydrogen (secondary N) is 1. The third-order valence-corrected chi connectivity index (χ3v) is 4.46. The Morgan fingerprint density at radius 1 is 1.22 bits per heavy atom. The second kappa shape index (κ2) is 8.53. The lowest BCUT2D eigenvalue weighted by Gasteiger charge is -2.10. The zero-order valence-electron chi connectivity index (χ0n) is 16.6. The molecule has 2 heterocycles. The standard InChI is InChI=1S/C22H14FN5O4/c1-31-20-9-13(2-6-19(20)32-21-7-4-16(12-25-21)28(29)30)8-14(11-24)22-26-17-5-3-15(23)10-18(17)27-22/h2-10,12H,1H3,(H,26,27)/b14-8-. The van der Waals surface area contributed by atoms with Crippen molar-refractivity contribution in [3.05, 3.63) is 82.0 Å². The summed E-state index contributed by atoms with van der Waals surface area (Å²) in [6.45, 7) is 0. The summed E-state index contributed by atoms with van der Waals surface area (Å²) >= 11 is 0. The minimum Gasteiger partial charge on any atom is -0.493 e. The number of H-pyrrole nitrogens is 1. The van der Waals surface area contributed by atoms with Crippen LogP contribution in [-0.4, -0.2) is 27.0 Å². The fourth-order valence-corrected chi connectivity index (χ4v) is 2.94. The molecule has 0 fully saturated rings. The minimum absolute atomic E-state index is 0.151. The number of benzene rings is 2. The second-order valence-electron chi connectivity index (χ2n) is 6.54. The van der Waals surface area contributed by atoms with E-state index in [2.05, 4.69) is 21.0 Å². The number of hydrogen-bond donors (Lipinski definition) is 1. The van der Waals surface area contributed by atoms with Crippen LogP contribution < -0.4 is 9.47 Å². The molecule has 4 aromatic rings. The van der Waals surface area contributed by atoms with Crippen LogP contribution in [0.1, 0.15) is 11.4 Å². The van der Waals surface area contributed by atoms with Gasteiger partial charge in [-0.15, -0.1) is 0 Å². The highest BCUT2D eigenvalue weighted by Crippen LogP contribution is 2.33. The molecule has 2 aromatic carbocycles. The van der Waals surface area contributed by atoms with Gasteiger partial charge < -0.3 is 14.5 Å². The highest BCUT2D eigenvalue weighted by molar-refractivity contribution is 5.90. The molecule has 2 aromatic heterocycles. The number of imidazole rings is 1. The van der Waals surface area contributed by atoms with Crippen LogP contribution in [0.3, 0.4) is 0 Å². The van der Waals surface area contributed by atoms with Crippen molar-refractivity contribution in [1.82, 2.24) is 15.0 Å². The molecule has 0 amide bonds. The van der Waals surface area contributed by atoms with Crippen molar-refractivity contribution < 1.29 is 18.8 Å². The van der Waals surface area contributed by atoms with Gasteiger partial charge in [0, 0.05) is 12.1 Å². The molecule has 9 nitrogen and oxygen atoms in total. The molecule has 0 saturated heterocycles. The maximum absolute atomic E-state index is 13.4. The average Bonchev–Trinajstić information content (AvgIpc) is 3.21. The van der Waals surface area contributed by atoms with E-state index in [1.165, 1.54) is 37.4 Å². The normalized spacial score (nSPS) is 11.2. The third-order valence-electron chi connectivity index (χ3n) is 4.46. The van der Waals surface area contributed by atoms with Gasteiger partial charge in [0.1, 0.15) is 23.9 Å². The summed E-state index contributed by atoms with van der Waals surface area (Å²) in [6.07, 6.45) is 2.70. The van der Waals surface area contributed by atoms with Crippen molar-refractivity contribution in [3.63, 3.8) is 0 Å². The van der Waals surface area contributed by atoms with E-state index in [1.807, 2.05) is 0 Å². The minimum atomic E-state index is -0.552. The van der Waals surface area contributed by atoms with Gasteiger partial charge in [-0.3, -0.25) is 10.1 Å². The molecule has 10 heteroatoms. The zero-order chi connectivity index (χ0) is 22.7. The Labute approximate surface area is 180 Å². The van der Waals surface area contributed by atoms with E-state index in [-0.39, 0.29) is 17.1 Å². The van der Waals surface area contributed by atoms with Crippen molar-refractivity contribution in [2.75, 3.05) is 7.11 Å². The van der Waals surface area contributed by atoms with Crippen LogP contribution in [0.4, 0.5) is 10.1 Å². The van der Waals surface area contributed by atoms with Gasteiger partial charge in [-0.2, -0.15) is 5.26 Å². The summed E-state index contributed by atoms with van der Waals surface area (Å²) in [6, 6.07) is 13.9. The van der Waals surface area contributed by atoms with Crippen LogP contribution in [0.2, 0.25) is 0 Å². The summed E-state index contributed by atoms with van der Waals surface area (Å²) in [4.78, 5) is 21.4. The fourth-order valence-electron chi connectivity index (χ4n) is 2.94. The quantitative estimate of drug-likeness (QED) is 0.262. The van der Waals surface area contributed by atoms with Crippen LogP contribution >= 0.6 is 0 Å². The number of aromatic nitrogens is 3. The highest BCUT2D eigenvalue weighted by atomic mass is 19.1. The van der Waals surface area contributed by atoms with Crippen molar-refractivity contribution in [1.29, 1.82) is 5.26 Å². The van der Waals surface area contributed by atoms with Crippen molar-refractivity contribution in [2.45, 2.75) is 0 Å². The molecule has 0 radical (unpaired) electrons. The van der Waals surface area contributed by atoms with E-state index >= 15 is 0 Å². The first-order valence-electron chi connectivity index (χ1n) is 9.20. The molecule has 0 spiro atoms. The molecular formula is C22H14FN5O4. The number of halogens is 1. The third kappa shape index (κ3) is 4.22. The molecule has 0 saturated carbocycles. The lowest BCUT2D eigenvalue weighted by molar-refractivity contribution is -0.385. The smallest absolute Gasteiger partial charge is 0.287 e. The Balaban J connectivity index is 1.62. The summed E-state index contributed by atoms with van der Waals surface area (Å²) in [5.74, 6) is 0.761. The monoisotopic (exact) mass is 431 g/mol. The van der Waals surface area contributed by atoms with E-state index < -0.39 is 10.7 Å². The molecule has 32 heavy (non-hydrogen) atoms. The number of fused-ring (bicyclic) bond motifs is 1. The maximum Gasteiger partial charge on any atom is 0.287 e. The Morgan fingerprint density at radius 3 is 2.75 bits per heavy atom. The highest BCUT2D eigenvalue weighted by Gasteiger charge is 2.12. The Morgan fingerprint density at radius 2 is 2.06 bits per heavy atom. The first kappa shape index (κ1) is 20.5. The number of hydrogen-bond acceptors (Lipinski definition) is 7. The number of ether oxygens (including phenoxy) is 2. The van der Waals surface area contributed by atoms with Crippen molar-refractivity contribution in [2.24, 2.45) is 0 Å².